The van der Waals surface area contributed by atoms with Gasteiger partial charge < -0.3 is 10.7 Å². The second kappa shape index (κ2) is 3.65. The molecular formula is C12H11BrFN3. The van der Waals surface area contributed by atoms with Crippen molar-refractivity contribution in [1.29, 1.82) is 0 Å². The van der Waals surface area contributed by atoms with Gasteiger partial charge in [0.05, 0.1) is 17.4 Å². The Morgan fingerprint density at radius 2 is 2.18 bits per heavy atom. The number of aromatic nitrogens is 2. The molecule has 5 heteroatoms. The number of hydrogen-bond acceptors (Lipinski definition) is 2. The zero-order valence-electron chi connectivity index (χ0n) is 9.00. The molecule has 1 heterocycles. The first-order valence-electron chi connectivity index (χ1n) is 5.38. The van der Waals surface area contributed by atoms with Crippen LogP contribution in [0.3, 0.4) is 0 Å². The molecule has 1 aliphatic carbocycles. The largest absolute Gasteiger partial charge is 0.340 e. The molecule has 0 amide bonds. The summed E-state index contributed by atoms with van der Waals surface area (Å²) in [5.74, 6) is 0.543. The topological polar surface area (TPSA) is 54.7 Å². The number of aromatic amines is 1. The first-order valence-corrected chi connectivity index (χ1v) is 6.18. The molecule has 0 saturated heterocycles. The number of nitrogens with two attached hydrogens (primary N) is 1. The number of nitrogens with zero attached hydrogens (tertiary/aromatic N) is 1. The smallest absolute Gasteiger partial charge is 0.126 e. The van der Waals surface area contributed by atoms with E-state index in [1.165, 1.54) is 12.1 Å². The van der Waals surface area contributed by atoms with E-state index in [-0.39, 0.29) is 11.4 Å². The number of halogens is 2. The number of imidazole rings is 1. The Hall–Kier alpha value is -1.20. The van der Waals surface area contributed by atoms with Crippen molar-refractivity contribution < 1.29 is 4.39 Å². The highest BCUT2D eigenvalue weighted by Gasteiger charge is 2.42. The SMILES string of the molecule is NC1(c2ncc(-c3ccc(F)cc3Br)[nH]2)CC1. The molecule has 1 saturated carbocycles. The van der Waals surface area contributed by atoms with E-state index in [0.29, 0.717) is 4.47 Å². The van der Waals surface area contributed by atoms with Gasteiger partial charge >= 0.3 is 0 Å². The number of nitrogens with one attached hydrogen (secondary N) is 1. The van der Waals surface area contributed by atoms with E-state index >= 15 is 0 Å². The summed E-state index contributed by atoms with van der Waals surface area (Å²) in [6.07, 6.45) is 3.66. The van der Waals surface area contributed by atoms with Crippen LogP contribution in [-0.4, -0.2) is 9.97 Å². The van der Waals surface area contributed by atoms with Crippen molar-refractivity contribution in [3.05, 3.63) is 40.5 Å². The van der Waals surface area contributed by atoms with Gasteiger partial charge in [0.1, 0.15) is 11.6 Å². The molecule has 2 aromatic rings. The van der Waals surface area contributed by atoms with Crippen molar-refractivity contribution in [3.8, 4) is 11.3 Å². The van der Waals surface area contributed by atoms with Crippen molar-refractivity contribution in [2.75, 3.05) is 0 Å². The van der Waals surface area contributed by atoms with Crippen molar-refractivity contribution in [3.63, 3.8) is 0 Å². The molecule has 1 aromatic carbocycles. The maximum Gasteiger partial charge on any atom is 0.126 e. The fraction of sp³-hybridized carbons (Fsp3) is 0.250. The van der Waals surface area contributed by atoms with Crippen molar-refractivity contribution in [2.24, 2.45) is 5.73 Å². The Morgan fingerprint density at radius 1 is 1.41 bits per heavy atom. The van der Waals surface area contributed by atoms with Crippen LogP contribution in [0.15, 0.2) is 28.9 Å². The Morgan fingerprint density at radius 3 is 2.82 bits per heavy atom. The van der Waals surface area contributed by atoms with E-state index in [9.17, 15) is 4.39 Å². The molecule has 1 aliphatic rings. The Labute approximate surface area is 106 Å². The molecule has 1 fully saturated rings. The second-order valence-electron chi connectivity index (χ2n) is 4.43. The van der Waals surface area contributed by atoms with Gasteiger partial charge in [0.2, 0.25) is 0 Å². The van der Waals surface area contributed by atoms with Crippen LogP contribution in [-0.2, 0) is 5.54 Å². The lowest BCUT2D eigenvalue weighted by molar-refractivity contribution is 0.627. The summed E-state index contributed by atoms with van der Waals surface area (Å²) in [6, 6.07) is 4.58. The molecule has 3 nitrogen and oxygen atoms in total. The van der Waals surface area contributed by atoms with Gasteiger partial charge in [-0.3, -0.25) is 0 Å². The molecule has 17 heavy (non-hydrogen) atoms. The Kier molecular flexibility index (Phi) is 2.34. The zero-order chi connectivity index (χ0) is 12.0. The first kappa shape index (κ1) is 10.9. The predicted molar refractivity (Wildman–Crippen MR) is 66.8 cm³/mol. The maximum absolute atomic E-state index is 13.0. The van der Waals surface area contributed by atoms with Crippen LogP contribution in [0.4, 0.5) is 4.39 Å². The van der Waals surface area contributed by atoms with Crippen LogP contribution in [0.5, 0.6) is 0 Å². The summed E-state index contributed by atoms with van der Waals surface area (Å²) < 4.78 is 13.7. The van der Waals surface area contributed by atoms with Crippen LogP contribution in [0.2, 0.25) is 0 Å². The summed E-state index contributed by atoms with van der Waals surface area (Å²) >= 11 is 3.34. The number of benzene rings is 1. The minimum Gasteiger partial charge on any atom is -0.340 e. The van der Waals surface area contributed by atoms with E-state index in [1.807, 2.05) is 0 Å². The highest BCUT2D eigenvalue weighted by molar-refractivity contribution is 9.10. The molecule has 0 aliphatic heterocycles. The van der Waals surface area contributed by atoms with E-state index in [0.717, 1.165) is 29.9 Å². The third kappa shape index (κ3) is 1.89. The Bertz CT molecular complexity index is 575. The second-order valence-corrected chi connectivity index (χ2v) is 5.28. The van der Waals surface area contributed by atoms with E-state index < -0.39 is 0 Å². The Balaban J connectivity index is 2.01. The van der Waals surface area contributed by atoms with Gasteiger partial charge in [0.25, 0.3) is 0 Å². The summed E-state index contributed by atoms with van der Waals surface area (Å²) in [5.41, 5.74) is 7.52. The molecule has 0 atom stereocenters. The van der Waals surface area contributed by atoms with Crippen molar-refractivity contribution in [2.45, 2.75) is 18.4 Å². The lowest BCUT2D eigenvalue weighted by atomic mass is 10.2. The molecule has 3 rings (SSSR count). The van der Waals surface area contributed by atoms with Gasteiger partial charge in [0, 0.05) is 10.0 Å². The quantitative estimate of drug-likeness (QED) is 0.895. The number of hydrogen-bond donors (Lipinski definition) is 2. The molecule has 0 spiro atoms. The first-order chi connectivity index (χ1) is 8.08. The van der Waals surface area contributed by atoms with Gasteiger partial charge in [-0.1, -0.05) is 0 Å². The van der Waals surface area contributed by atoms with Crippen molar-refractivity contribution >= 4 is 15.9 Å². The minimum absolute atomic E-state index is 0.266. The third-order valence-electron chi connectivity index (χ3n) is 3.06. The van der Waals surface area contributed by atoms with Crippen LogP contribution in [0.25, 0.3) is 11.3 Å². The van der Waals surface area contributed by atoms with E-state index in [1.54, 1.807) is 12.3 Å². The van der Waals surface area contributed by atoms with Crippen LogP contribution in [0, 0.1) is 5.82 Å². The van der Waals surface area contributed by atoms with Crippen LogP contribution < -0.4 is 5.73 Å². The van der Waals surface area contributed by atoms with Gasteiger partial charge in [0.15, 0.2) is 0 Å². The normalized spacial score (nSPS) is 17.1. The average molecular weight is 296 g/mol. The maximum atomic E-state index is 13.0. The van der Waals surface area contributed by atoms with Gasteiger partial charge in [-0.05, 0) is 47.0 Å². The summed E-state index contributed by atoms with van der Waals surface area (Å²) in [4.78, 5) is 7.50. The average Bonchev–Trinajstić information content (AvgIpc) is 2.85. The van der Waals surface area contributed by atoms with Crippen molar-refractivity contribution in [1.82, 2.24) is 9.97 Å². The summed E-state index contributed by atoms with van der Waals surface area (Å²) in [6.45, 7) is 0. The van der Waals surface area contributed by atoms with Gasteiger partial charge in [-0.15, -0.1) is 0 Å². The van der Waals surface area contributed by atoms with E-state index in [4.69, 9.17) is 5.73 Å². The van der Waals surface area contributed by atoms with E-state index in [2.05, 4.69) is 25.9 Å². The monoisotopic (exact) mass is 295 g/mol. The van der Waals surface area contributed by atoms with Gasteiger partial charge in [-0.25, -0.2) is 9.37 Å². The van der Waals surface area contributed by atoms with Crippen LogP contribution >= 0.6 is 15.9 Å². The van der Waals surface area contributed by atoms with Gasteiger partial charge in [-0.2, -0.15) is 0 Å². The number of rotatable bonds is 2. The van der Waals surface area contributed by atoms with Crippen LogP contribution in [0.1, 0.15) is 18.7 Å². The fourth-order valence-corrected chi connectivity index (χ4v) is 2.35. The summed E-state index contributed by atoms with van der Waals surface area (Å²) in [5, 5.41) is 0. The fourth-order valence-electron chi connectivity index (χ4n) is 1.79. The molecule has 88 valence electrons. The lowest BCUT2D eigenvalue weighted by Crippen LogP contribution is -2.20. The molecule has 1 aromatic heterocycles. The molecular weight excluding hydrogens is 285 g/mol. The minimum atomic E-state index is -0.273. The highest BCUT2D eigenvalue weighted by Crippen LogP contribution is 2.41. The third-order valence-corrected chi connectivity index (χ3v) is 3.71. The molecule has 3 N–H and O–H groups in total. The highest BCUT2D eigenvalue weighted by atomic mass is 79.9. The standard InChI is InChI=1S/C12H11BrFN3/c13-9-5-7(14)1-2-8(9)10-6-16-11(17-10)12(15)3-4-12/h1-2,5-6H,3-4,15H2,(H,16,17). The molecule has 0 bridgehead atoms. The molecule has 0 radical (unpaired) electrons. The lowest BCUT2D eigenvalue weighted by Gasteiger charge is -2.04. The number of H-pyrrole nitrogens is 1. The zero-order valence-corrected chi connectivity index (χ0v) is 10.6. The molecule has 0 unspecified atom stereocenters. The predicted octanol–water partition coefficient (Wildman–Crippen LogP) is 2.93. The summed E-state index contributed by atoms with van der Waals surface area (Å²) in [7, 11) is 0.